The van der Waals surface area contributed by atoms with Crippen LogP contribution in [0.5, 0.6) is 5.75 Å². The maximum Gasteiger partial charge on any atom is 0.122 e. The van der Waals surface area contributed by atoms with Crippen LogP contribution in [0.1, 0.15) is 38.2 Å². The van der Waals surface area contributed by atoms with E-state index in [1.807, 2.05) is 19.1 Å². The molecule has 0 aliphatic heterocycles. The van der Waals surface area contributed by atoms with Crippen LogP contribution in [-0.2, 0) is 6.42 Å². The standard InChI is InChI=1S/C15H22O/c1-3-5-6-7-8-11-14-12-9-10-13-15(14)16-4-2/h3,9-10,12-13H,1,4-8,11H2,2H3. The Kier molecular flexibility index (Phi) is 6.39. The Morgan fingerprint density at radius 3 is 2.75 bits per heavy atom. The summed E-state index contributed by atoms with van der Waals surface area (Å²) >= 11 is 0. The van der Waals surface area contributed by atoms with Gasteiger partial charge in [-0.05, 0) is 44.2 Å². The van der Waals surface area contributed by atoms with Crippen molar-refractivity contribution in [2.45, 2.75) is 39.0 Å². The van der Waals surface area contributed by atoms with Crippen LogP contribution in [0.4, 0.5) is 0 Å². The summed E-state index contributed by atoms with van der Waals surface area (Å²) in [6, 6.07) is 8.34. The molecule has 0 fully saturated rings. The molecule has 1 aromatic carbocycles. The van der Waals surface area contributed by atoms with Crippen molar-refractivity contribution in [2.24, 2.45) is 0 Å². The van der Waals surface area contributed by atoms with E-state index in [-0.39, 0.29) is 0 Å². The van der Waals surface area contributed by atoms with Crippen LogP contribution < -0.4 is 4.74 Å². The van der Waals surface area contributed by atoms with E-state index in [2.05, 4.69) is 24.8 Å². The number of unbranched alkanes of at least 4 members (excludes halogenated alkanes) is 3. The van der Waals surface area contributed by atoms with Crippen molar-refractivity contribution < 1.29 is 4.74 Å². The van der Waals surface area contributed by atoms with Crippen LogP contribution in [0.3, 0.4) is 0 Å². The topological polar surface area (TPSA) is 9.23 Å². The molecule has 1 rings (SSSR count). The minimum absolute atomic E-state index is 0.744. The van der Waals surface area contributed by atoms with E-state index in [0.29, 0.717) is 0 Å². The number of hydrogen-bond donors (Lipinski definition) is 0. The smallest absolute Gasteiger partial charge is 0.122 e. The van der Waals surface area contributed by atoms with E-state index in [0.717, 1.165) is 25.2 Å². The molecule has 0 aliphatic carbocycles. The zero-order valence-electron chi connectivity index (χ0n) is 10.2. The van der Waals surface area contributed by atoms with Gasteiger partial charge in [0.25, 0.3) is 0 Å². The quantitative estimate of drug-likeness (QED) is 0.465. The molecule has 0 aromatic heterocycles. The Bertz CT molecular complexity index is 304. The number of allylic oxidation sites excluding steroid dienone is 1. The van der Waals surface area contributed by atoms with Crippen LogP contribution >= 0.6 is 0 Å². The molecule has 0 atom stereocenters. The Labute approximate surface area is 99.1 Å². The zero-order chi connectivity index (χ0) is 11.6. The lowest BCUT2D eigenvalue weighted by Gasteiger charge is -2.09. The fourth-order valence-corrected chi connectivity index (χ4v) is 1.79. The third-order valence-corrected chi connectivity index (χ3v) is 2.63. The lowest BCUT2D eigenvalue weighted by Crippen LogP contribution is -1.96. The monoisotopic (exact) mass is 218 g/mol. The van der Waals surface area contributed by atoms with Crippen molar-refractivity contribution in [3.63, 3.8) is 0 Å². The fourth-order valence-electron chi connectivity index (χ4n) is 1.79. The van der Waals surface area contributed by atoms with Gasteiger partial charge < -0.3 is 4.74 Å². The Morgan fingerprint density at radius 1 is 1.19 bits per heavy atom. The highest BCUT2D eigenvalue weighted by atomic mass is 16.5. The van der Waals surface area contributed by atoms with E-state index >= 15 is 0 Å². The Hall–Kier alpha value is -1.24. The first-order chi connectivity index (χ1) is 7.88. The highest BCUT2D eigenvalue weighted by Crippen LogP contribution is 2.20. The summed E-state index contributed by atoms with van der Waals surface area (Å²) in [5.74, 6) is 1.05. The van der Waals surface area contributed by atoms with Crippen molar-refractivity contribution in [1.82, 2.24) is 0 Å². The molecule has 0 heterocycles. The first-order valence-corrected chi connectivity index (χ1v) is 6.20. The first-order valence-electron chi connectivity index (χ1n) is 6.20. The van der Waals surface area contributed by atoms with Crippen molar-refractivity contribution >= 4 is 0 Å². The second-order valence-corrected chi connectivity index (χ2v) is 3.93. The van der Waals surface area contributed by atoms with Crippen LogP contribution in [0.2, 0.25) is 0 Å². The summed E-state index contributed by atoms with van der Waals surface area (Å²) < 4.78 is 5.60. The molecule has 0 radical (unpaired) electrons. The number of ether oxygens (including phenoxy) is 1. The number of aryl methyl sites for hydroxylation is 1. The molecule has 1 nitrogen and oxygen atoms in total. The number of benzene rings is 1. The average Bonchev–Trinajstić information content (AvgIpc) is 2.31. The van der Waals surface area contributed by atoms with Crippen LogP contribution in [0.25, 0.3) is 0 Å². The third-order valence-electron chi connectivity index (χ3n) is 2.63. The molecule has 0 saturated carbocycles. The van der Waals surface area contributed by atoms with Gasteiger partial charge in [0.15, 0.2) is 0 Å². The summed E-state index contributed by atoms with van der Waals surface area (Å²) in [5.41, 5.74) is 1.34. The van der Waals surface area contributed by atoms with Crippen LogP contribution in [0, 0.1) is 0 Å². The third kappa shape index (κ3) is 4.52. The molecule has 0 bridgehead atoms. The molecule has 1 heteroatoms. The van der Waals surface area contributed by atoms with E-state index in [1.54, 1.807) is 0 Å². The lowest BCUT2D eigenvalue weighted by atomic mass is 10.1. The molecular weight excluding hydrogens is 196 g/mol. The summed E-state index contributed by atoms with van der Waals surface area (Å²) in [6.45, 7) is 6.51. The Morgan fingerprint density at radius 2 is 2.00 bits per heavy atom. The van der Waals surface area contributed by atoms with Crippen LogP contribution in [-0.4, -0.2) is 6.61 Å². The lowest BCUT2D eigenvalue weighted by molar-refractivity contribution is 0.336. The van der Waals surface area contributed by atoms with E-state index in [4.69, 9.17) is 4.74 Å². The summed E-state index contributed by atoms with van der Waals surface area (Å²) in [4.78, 5) is 0. The summed E-state index contributed by atoms with van der Waals surface area (Å²) in [7, 11) is 0. The van der Waals surface area contributed by atoms with Gasteiger partial charge in [-0.3, -0.25) is 0 Å². The van der Waals surface area contributed by atoms with E-state index < -0.39 is 0 Å². The van der Waals surface area contributed by atoms with E-state index in [1.165, 1.54) is 24.8 Å². The molecule has 1 aromatic rings. The van der Waals surface area contributed by atoms with Gasteiger partial charge in [0.05, 0.1) is 6.61 Å². The zero-order valence-corrected chi connectivity index (χ0v) is 10.2. The number of rotatable bonds is 8. The number of hydrogen-bond acceptors (Lipinski definition) is 1. The second kappa shape index (κ2) is 7.98. The Balaban J connectivity index is 2.37. The summed E-state index contributed by atoms with van der Waals surface area (Å²) in [6.07, 6.45) is 8.00. The van der Waals surface area contributed by atoms with Gasteiger partial charge >= 0.3 is 0 Å². The molecule has 0 amide bonds. The normalized spacial score (nSPS) is 10.1. The highest BCUT2D eigenvalue weighted by molar-refractivity contribution is 5.33. The van der Waals surface area contributed by atoms with Gasteiger partial charge in [-0.15, -0.1) is 6.58 Å². The first kappa shape index (κ1) is 12.8. The SMILES string of the molecule is C=CCCCCCc1ccccc1OCC. The molecule has 88 valence electrons. The van der Waals surface area contributed by atoms with Crippen molar-refractivity contribution in [1.29, 1.82) is 0 Å². The molecule has 0 saturated heterocycles. The molecule has 0 N–H and O–H groups in total. The molecule has 16 heavy (non-hydrogen) atoms. The summed E-state index contributed by atoms with van der Waals surface area (Å²) in [5, 5.41) is 0. The molecule has 0 unspecified atom stereocenters. The van der Waals surface area contributed by atoms with Gasteiger partial charge in [0, 0.05) is 0 Å². The van der Waals surface area contributed by atoms with E-state index in [9.17, 15) is 0 Å². The maximum atomic E-state index is 5.60. The van der Waals surface area contributed by atoms with Gasteiger partial charge in [-0.1, -0.05) is 30.7 Å². The minimum Gasteiger partial charge on any atom is -0.494 e. The molecule has 0 spiro atoms. The van der Waals surface area contributed by atoms with Crippen molar-refractivity contribution in [3.05, 3.63) is 42.5 Å². The molecular formula is C15H22O. The predicted octanol–water partition coefficient (Wildman–Crippen LogP) is 4.37. The van der Waals surface area contributed by atoms with Gasteiger partial charge in [-0.2, -0.15) is 0 Å². The second-order valence-electron chi connectivity index (χ2n) is 3.93. The minimum atomic E-state index is 0.744. The fraction of sp³-hybridized carbons (Fsp3) is 0.467. The largest absolute Gasteiger partial charge is 0.494 e. The van der Waals surface area contributed by atoms with Gasteiger partial charge in [0.1, 0.15) is 5.75 Å². The van der Waals surface area contributed by atoms with Crippen molar-refractivity contribution in [2.75, 3.05) is 6.61 Å². The predicted molar refractivity (Wildman–Crippen MR) is 70.0 cm³/mol. The molecule has 0 aliphatic rings. The van der Waals surface area contributed by atoms with Crippen LogP contribution in [0.15, 0.2) is 36.9 Å². The average molecular weight is 218 g/mol. The maximum absolute atomic E-state index is 5.60. The van der Waals surface area contributed by atoms with Gasteiger partial charge in [0.2, 0.25) is 0 Å². The highest BCUT2D eigenvalue weighted by Gasteiger charge is 2.01. The van der Waals surface area contributed by atoms with Gasteiger partial charge in [-0.25, -0.2) is 0 Å². The van der Waals surface area contributed by atoms with Crippen molar-refractivity contribution in [3.8, 4) is 5.75 Å². The number of para-hydroxylation sites is 1.